The van der Waals surface area contributed by atoms with Crippen molar-refractivity contribution in [2.75, 3.05) is 18.4 Å². The van der Waals surface area contributed by atoms with E-state index in [1.54, 1.807) is 11.1 Å². The molecule has 3 heterocycles. The van der Waals surface area contributed by atoms with E-state index >= 15 is 0 Å². The largest absolute Gasteiger partial charge is 0.444 e. The lowest BCUT2D eigenvalue weighted by Crippen LogP contribution is -2.39. The first kappa shape index (κ1) is 23.2. The monoisotopic (exact) mass is 489 g/mol. The molecule has 0 unspecified atom stereocenters. The fourth-order valence-electron chi connectivity index (χ4n) is 3.40. The Morgan fingerprint density at radius 3 is 2.76 bits per heavy atom. The van der Waals surface area contributed by atoms with Crippen molar-refractivity contribution in [3.63, 3.8) is 0 Å². The van der Waals surface area contributed by atoms with Crippen LogP contribution in [0.4, 0.5) is 20.7 Å². The molecule has 0 saturated carbocycles. The number of nitrogens with one attached hydrogen (secondary N) is 1. The third-order valence-corrected chi connectivity index (χ3v) is 5.72. The van der Waals surface area contributed by atoms with Crippen molar-refractivity contribution in [3.05, 3.63) is 58.4 Å². The van der Waals surface area contributed by atoms with Gasteiger partial charge in [0, 0.05) is 11.9 Å². The molecule has 1 aromatic carbocycles. The third-order valence-electron chi connectivity index (χ3n) is 4.94. The number of amides is 1. The molecule has 2 aromatic heterocycles. The maximum absolute atomic E-state index is 14.6. The summed E-state index contributed by atoms with van der Waals surface area (Å²) in [4.78, 5) is 27.2. The minimum absolute atomic E-state index is 0.123. The first-order valence-corrected chi connectivity index (χ1v) is 11.1. The number of fused-ring (bicyclic) bond motifs is 1. The number of nitrogens with zero attached hydrogens (tertiary/aromatic N) is 4. The van der Waals surface area contributed by atoms with E-state index in [1.807, 2.05) is 32.9 Å². The van der Waals surface area contributed by atoms with Crippen molar-refractivity contribution in [1.29, 1.82) is 0 Å². The molecule has 4 rings (SSSR count). The van der Waals surface area contributed by atoms with Crippen LogP contribution in [0.5, 0.6) is 0 Å². The molecule has 0 spiro atoms. The molecule has 7 nitrogen and oxygen atoms in total. The van der Waals surface area contributed by atoms with E-state index in [4.69, 9.17) is 27.9 Å². The van der Waals surface area contributed by atoms with Crippen molar-refractivity contribution < 1.29 is 13.9 Å². The van der Waals surface area contributed by atoms with Gasteiger partial charge in [0.2, 0.25) is 0 Å². The van der Waals surface area contributed by atoms with Crippen LogP contribution in [0.15, 0.2) is 36.8 Å². The number of carbonyl (C=O) groups excluding carboxylic acids is 1. The van der Waals surface area contributed by atoms with Gasteiger partial charge in [-0.3, -0.25) is 4.98 Å². The predicted molar refractivity (Wildman–Crippen MR) is 127 cm³/mol. The summed E-state index contributed by atoms with van der Waals surface area (Å²) in [7, 11) is 0. The minimum atomic E-state index is -0.673. The van der Waals surface area contributed by atoms with Crippen molar-refractivity contribution in [2.24, 2.45) is 0 Å². The molecule has 0 atom stereocenters. The summed E-state index contributed by atoms with van der Waals surface area (Å²) in [5, 5.41) is 3.56. The summed E-state index contributed by atoms with van der Waals surface area (Å²) in [6.07, 6.45) is 5.35. The number of carbonyl (C=O) groups is 1. The Balaban J connectivity index is 1.64. The Morgan fingerprint density at radius 1 is 1.21 bits per heavy atom. The van der Waals surface area contributed by atoms with Crippen LogP contribution in [0.3, 0.4) is 0 Å². The van der Waals surface area contributed by atoms with Crippen LogP contribution in [-0.4, -0.2) is 44.6 Å². The fraction of sp³-hybridized carbons (Fsp3) is 0.304. The maximum Gasteiger partial charge on any atom is 0.410 e. The highest BCUT2D eigenvalue weighted by atomic mass is 35.5. The summed E-state index contributed by atoms with van der Waals surface area (Å²) in [5.41, 5.74) is 1.69. The number of benzene rings is 1. The van der Waals surface area contributed by atoms with E-state index in [-0.39, 0.29) is 21.8 Å². The zero-order chi connectivity index (χ0) is 23.8. The van der Waals surface area contributed by atoms with Gasteiger partial charge in [0.05, 0.1) is 39.7 Å². The standard InChI is InChI=1S/C23H22Cl2FN5O2/c1-23(2,3)33-22(32)31-8-4-5-13(11-31)17-9-14-18(10-27-17)28-12-29-21(14)30-16-7-6-15(24)19(25)20(16)26/h5-7,9-10,12H,4,8,11H2,1-3H3,(H,28,29,30). The van der Waals surface area contributed by atoms with Crippen LogP contribution in [0.25, 0.3) is 16.5 Å². The van der Waals surface area contributed by atoms with E-state index in [9.17, 15) is 9.18 Å². The van der Waals surface area contributed by atoms with Gasteiger partial charge in [-0.15, -0.1) is 0 Å². The number of hydrogen-bond acceptors (Lipinski definition) is 6. The number of aromatic nitrogens is 3. The molecule has 0 radical (unpaired) electrons. The topological polar surface area (TPSA) is 80.2 Å². The molecule has 10 heteroatoms. The van der Waals surface area contributed by atoms with Crippen molar-refractivity contribution in [3.8, 4) is 0 Å². The van der Waals surface area contributed by atoms with Gasteiger partial charge < -0.3 is 15.0 Å². The SMILES string of the molecule is CC(C)(C)OC(=O)N1CCC=C(c2cc3c(Nc4ccc(Cl)c(Cl)c4F)ncnc3cn2)C1. The number of halogens is 3. The van der Waals surface area contributed by atoms with Gasteiger partial charge in [-0.1, -0.05) is 29.3 Å². The molecule has 1 aliphatic heterocycles. The molecule has 1 amide bonds. The molecule has 0 aliphatic carbocycles. The van der Waals surface area contributed by atoms with Crippen LogP contribution < -0.4 is 5.32 Å². The molecule has 0 fully saturated rings. The molecule has 0 bridgehead atoms. The van der Waals surface area contributed by atoms with Crippen LogP contribution >= 0.6 is 23.2 Å². The van der Waals surface area contributed by atoms with Gasteiger partial charge in [-0.2, -0.15) is 0 Å². The van der Waals surface area contributed by atoms with Gasteiger partial charge in [0.15, 0.2) is 5.82 Å². The lowest BCUT2D eigenvalue weighted by Gasteiger charge is -2.30. The molecule has 172 valence electrons. The average molecular weight is 490 g/mol. The second-order valence-corrected chi connectivity index (χ2v) is 9.36. The Labute approximate surface area is 200 Å². The molecule has 0 saturated heterocycles. The minimum Gasteiger partial charge on any atom is -0.444 e. The second kappa shape index (κ2) is 9.11. The maximum atomic E-state index is 14.6. The highest BCUT2D eigenvalue weighted by Crippen LogP contribution is 2.33. The third kappa shape index (κ3) is 5.17. The van der Waals surface area contributed by atoms with E-state index in [2.05, 4.69) is 20.3 Å². The quantitative estimate of drug-likeness (QED) is 0.438. The van der Waals surface area contributed by atoms with Gasteiger partial charge >= 0.3 is 6.09 Å². The lowest BCUT2D eigenvalue weighted by molar-refractivity contribution is 0.0273. The van der Waals surface area contributed by atoms with E-state index in [0.29, 0.717) is 41.9 Å². The summed E-state index contributed by atoms with van der Waals surface area (Å²) in [5.74, 6) is -0.283. The number of anilines is 2. The first-order chi connectivity index (χ1) is 15.6. The smallest absolute Gasteiger partial charge is 0.410 e. The summed E-state index contributed by atoms with van der Waals surface area (Å²) in [6, 6.07) is 4.81. The number of ether oxygens (including phenoxy) is 1. The zero-order valence-corrected chi connectivity index (χ0v) is 19.8. The van der Waals surface area contributed by atoms with Crippen LogP contribution in [0.2, 0.25) is 10.0 Å². The van der Waals surface area contributed by atoms with Crippen LogP contribution in [0, 0.1) is 5.82 Å². The summed E-state index contributed by atoms with van der Waals surface area (Å²) < 4.78 is 20.1. The van der Waals surface area contributed by atoms with Gasteiger partial charge in [0.1, 0.15) is 17.7 Å². The highest BCUT2D eigenvalue weighted by Gasteiger charge is 2.25. The van der Waals surface area contributed by atoms with Crippen molar-refractivity contribution in [1.82, 2.24) is 19.9 Å². The highest BCUT2D eigenvalue weighted by molar-refractivity contribution is 6.42. The summed E-state index contributed by atoms with van der Waals surface area (Å²) in [6.45, 7) is 6.44. The molecule has 3 aromatic rings. The average Bonchev–Trinajstić information content (AvgIpc) is 2.78. The van der Waals surface area contributed by atoms with Gasteiger partial charge in [-0.05, 0) is 51.0 Å². The Kier molecular flexibility index (Phi) is 6.41. The summed E-state index contributed by atoms with van der Waals surface area (Å²) >= 11 is 11.8. The van der Waals surface area contributed by atoms with E-state index < -0.39 is 11.4 Å². The normalized spacial score (nSPS) is 14.2. The fourth-order valence-corrected chi connectivity index (χ4v) is 3.71. The van der Waals surface area contributed by atoms with E-state index in [0.717, 1.165) is 5.57 Å². The predicted octanol–water partition coefficient (Wildman–Crippen LogP) is 6.24. The molecule has 1 N–H and O–H groups in total. The van der Waals surface area contributed by atoms with Crippen molar-refractivity contribution in [2.45, 2.75) is 32.8 Å². The molecule has 33 heavy (non-hydrogen) atoms. The number of pyridine rings is 1. The number of rotatable bonds is 3. The second-order valence-electron chi connectivity index (χ2n) is 8.58. The Morgan fingerprint density at radius 2 is 2.00 bits per heavy atom. The number of hydrogen-bond donors (Lipinski definition) is 1. The molecule has 1 aliphatic rings. The van der Waals surface area contributed by atoms with Gasteiger partial charge in [0.25, 0.3) is 0 Å². The zero-order valence-electron chi connectivity index (χ0n) is 18.3. The lowest BCUT2D eigenvalue weighted by atomic mass is 10.0. The van der Waals surface area contributed by atoms with Crippen LogP contribution in [-0.2, 0) is 4.74 Å². The Hall–Kier alpha value is -2.97. The molecular formula is C23H22Cl2FN5O2. The first-order valence-electron chi connectivity index (χ1n) is 10.3. The Bertz CT molecular complexity index is 1260. The molecular weight excluding hydrogens is 468 g/mol. The van der Waals surface area contributed by atoms with Crippen LogP contribution in [0.1, 0.15) is 32.9 Å². The van der Waals surface area contributed by atoms with Gasteiger partial charge in [-0.25, -0.2) is 19.2 Å². The van der Waals surface area contributed by atoms with E-state index in [1.165, 1.54) is 18.5 Å². The van der Waals surface area contributed by atoms with Crippen molar-refractivity contribution >= 4 is 57.3 Å².